The predicted octanol–water partition coefficient (Wildman–Crippen LogP) is 3.01. The maximum absolute atomic E-state index is 13.5. The van der Waals surface area contributed by atoms with Gasteiger partial charge in [-0.05, 0) is 51.4 Å². The molecule has 9 nitrogen and oxygen atoms in total. The Balaban J connectivity index is 1.20. The number of hydrogen-bond acceptors (Lipinski definition) is 5. The van der Waals surface area contributed by atoms with E-state index in [2.05, 4.69) is 62.3 Å². The summed E-state index contributed by atoms with van der Waals surface area (Å²) in [5.74, 6) is 2.34. The number of aromatic nitrogens is 5. The fraction of sp³-hybridized carbons (Fsp3) is 0.500. The smallest absolute Gasteiger partial charge is 0.313 e. The van der Waals surface area contributed by atoms with Crippen molar-refractivity contribution in [1.29, 1.82) is 0 Å². The number of hydrogen-bond donors (Lipinski definition) is 1. The number of benzene rings is 1. The van der Waals surface area contributed by atoms with Gasteiger partial charge in [0.15, 0.2) is 5.82 Å². The molecular formula is C24H30N8O. The summed E-state index contributed by atoms with van der Waals surface area (Å²) in [6.07, 6.45) is 7.88. The van der Waals surface area contributed by atoms with Crippen molar-refractivity contribution in [2.24, 2.45) is 0 Å². The number of anilines is 2. The zero-order valence-electron chi connectivity index (χ0n) is 19.2. The van der Waals surface area contributed by atoms with Crippen LogP contribution in [0.5, 0.6) is 0 Å². The van der Waals surface area contributed by atoms with Crippen LogP contribution in [0.3, 0.4) is 0 Å². The minimum Gasteiger partial charge on any atom is -0.313 e. The van der Waals surface area contributed by atoms with Crippen LogP contribution in [0.1, 0.15) is 48.0 Å². The van der Waals surface area contributed by atoms with Crippen molar-refractivity contribution in [3.8, 4) is 0 Å². The quantitative estimate of drug-likeness (QED) is 0.669. The Hall–Kier alpha value is -3.20. The summed E-state index contributed by atoms with van der Waals surface area (Å²) in [7, 11) is 2.16. The highest BCUT2D eigenvalue weighted by Crippen LogP contribution is 2.45. The number of urea groups is 1. The van der Waals surface area contributed by atoms with Gasteiger partial charge < -0.3 is 14.8 Å². The van der Waals surface area contributed by atoms with Crippen LogP contribution in [0.4, 0.5) is 16.2 Å². The second-order valence-corrected chi connectivity index (χ2v) is 9.65. The van der Waals surface area contributed by atoms with Crippen molar-refractivity contribution >= 4 is 17.4 Å². The lowest BCUT2D eigenvalue weighted by molar-refractivity contribution is 0.224. The first-order chi connectivity index (χ1) is 16.1. The molecule has 3 aromatic rings. The number of likely N-dealkylation sites (tertiary alicyclic amines) is 1. The number of likely N-dealkylation sites (N-methyl/N-ethyl adjacent to an activating group) is 1. The lowest BCUT2D eigenvalue weighted by Crippen LogP contribution is -2.48. The monoisotopic (exact) mass is 446 g/mol. The van der Waals surface area contributed by atoms with Crippen molar-refractivity contribution in [3.63, 3.8) is 0 Å². The van der Waals surface area contributed by atoms with E-state index in [0.29, 0.717) is 18.2 Å². The van der Waals surface area contributed by atoms with E-state index in [0.717, 1.165) is 56.2 Å². The van der Waals surface area contributed by atoms with Crippen molar-refractivity contribution in [1.82, 2.24) is 29.4 Å². The minimum absolute atomic E-state index is 0.0865. The Morgan fingerprint density at radius 3 is 3.03 bits per heavy atom. The maximum Gasteiger partial charge on any atom is 0.326 e. The molecule has 1 N–H and O–H groups in total. The van der Waals surface area contributed by atoms with Gasteiger partial charge in [0.25, 0.3) is 0 Å². The minimum atomic E-state index is -0.0865. The van der Waals surface area contributed by atoms with Crippen molar-refractivity contribution in [3.05, 3.63) is 53.4 Å². The fourth-order valence-corrected chi connectivity index (χ4v) is 5.67. The number of amides is 2. The molecular weight excluding hydrogens is 416 g/mol. The number of aryl methyl sites for hydroxylation is 2. The van der Waals surface area contributed by atoms with Crippen LogP contribution in [0.15, 0.2) is 30.6 Å². The van der Waals surface area contributed by atoms with E-state index in [4.69, 9.17) is 0 Å². The van der Waals surface area contributed by atoms with Gasteiger partial charge in [-0.1, -0.05) is 17.7 Å². The lowest BCUT2D eigenvalue weighted by atomic mass is 9.89. The van der Waals surface area contributed by atoms with E-state index < -0.39 is 0 Å². The Labute approximate surface area is 193 Å². The van der Waals surface area contributed by atoms with Gasteiger partial charge in [0.05, 0.1) is 11.9 Å². The summed E-state index contributed by atoms with van der Waals surface area (Å²) in [5.41, 5.74) is 4.25. The summed E-state index contributed by atoms with van der Waals surface area (Å²) in [5, 5.41) is 16.2. The molecule has 2 aromatic heterocycles. The fourth-order valence-electron chi connectivity index (χ4n) is 5.67. The summed E-state index contributed by atoms with van der Waals surface area (Å²) >= 11 is 0. The lowest BCUT2D eigenvalue weighted by Gasteiger charge is -2.36. The van der Waals surface area contributed by atoms with Crippen molar-refractivity contribution < 1.29 is 4.79 Å². The van der Waals surface area contributed by atoms with Crippen molar-refractivity contribution in [2.45, 2.75) is 57.7 Å². The Morgan fingerprint density at radius 2 is 2.12 bits per heavy atom. The molecule has 2 atom stereocenters. The maximum atomic E-state index is 13.5. The first-order valence-electron chi connectivity index (χ1n) is 11.9. The number of carbonyl (C=O) groups is 1. The molecule has 2 amide bonds. The summed E-state index contributed by atoms with van der Waals surface area (Å²) < 4.78 is 4.02. The zero-order chi connectivity index (χ0) is 22.5. The number of carbonyl (C=O) groups excluding carboxylic acids is 1. The highest BCUT2D eigenvalue weighted by atomic mass is 16.2. The first-order valence-corrected chi connectivity index (χ1v) is 11.9. The van der Waals surface area contributed by atoms with Crippen LogP contribution >= 0.6 is 0 Å². The second-order valence-electron chi connectivity index (χ2n) is 9.65. The van der Waals surface area contributed by atoms with Gasteiger partial charge in [-0.2, -0.15) is 5.10 Å². The molecule has 172 valence electrons. The summed E-state index contributed by atoms with van der Waals surface area (Å²) in [6, 6.07) is 6.54. The first kappa shape index (κ1) is 20.4. The molecule has 5 heterocycles. The van der Waals surface area contributed by atoms with Gasteiger partial charge >= 0.3 is 6.03 Å². The molecule has 0 aliphatic carbocycles. The predicted molar refractivity (Wildman–Crippen MR) is 126 cm³/mol. The van der Waals surface area contributed by atoms with E-state index in [-0.39, 0.29) is 12.1 Å². The van der Waals surface area contributed by atoms with E-state index in [1.807, 2.05) is 15.8 Å². The molecule has 1 aromatic carbocycles. The van der Waals surface area contributed by atoms with Gasteiger partial charge in [0.2, 0.25) is 0 Å². The van der Waals surface area contributed by atoms with E-state index in [1.165, 1.54) is 17.5 Å². The third kappa shape index (κ3) is 3.60. The van der Waals surface area contributed by atoms with Crippen LogP contribution in [-0.2, 0) is 19.5 Å². The molecule has 0 bridgehead atoms. The highest BCUT2D eigenvalue weighted by molar-refractivity contribution is 6.04. The molecule has 0 saturated carbocycles. The normalized spacial score (nSPS) is 22.1. The van der Waals surface area contributed by atoms with Crippen molar-refractivity contribution in [2.75, 3.05) is 30.4 Å². The van der Waals surface area contributed by atoms with E-state index in [9.17, 15) is 4.79 Å². The number of fused-ring (bicyclic) bond motifs is 4. The van der Waals surface area contributed by atoms with Gasteiger partial charge in [0, 0.05) is 43.4 Å². The van der Waals surface area contributed by atoms with Crippen LogP contribution in [0, 0.1) is 6.92 Å². The molecule has 0 radical (unpaired) electrons. The molecule has 2 unspecified atom stereocenters. The molecule has 33 heavy (non-hydrogen) atoms. The number of nitrogens with one attached hydrogen (secondary N) is 1. The highest BCUT2D eigenvalue weighted by Gasteiger charge is 2.44. The average Bonchev–Trinajstić information content (AvgIpc) is 3.50. The van der Waals surface area contributed by atoms with Crippen LogP contribution < -0.4 is 10.2 Å². The Kier molecular flexibility index (Phi) is 4.94. The third-order valence-electron chi connectivity index (χ3n) is 7.30. The molecule has 1 saturated heterocycles. The van der Waals surface area contributed by atoms with E-state index >= 15 is 0 Å². The molecule has 3 aliphatic heterocycles. The molecule has 9 heteroatoms. The van der Waals surface area contributed by atoms with Crippen LogP contribution in [-0.4, -0.2) is 61.7 Å². The Bertz CT molecular complexity index is 1200. The van der Waals surface area contributed by atoms with Gasteiger partial charge in [0.1, 0.15) is 12.4 Å². The van der Waals surface area contributed by atoms with Crippen LogP contribution in [0.2, 0.25) is 0 Å². The summed E-state index contributed by atoms with van der Waals surface area (Å²) in [4.78, 5) is 17.8. The standard InChI is InChI=1S/C24H30N8O/c1-16-6-7-20-18(11-16)19-14-29(2)10-8-21(19)32(20)24(33)26-17-12-25-30(13-17)15-23-28-27-22-5-3-4-9-31(22)23/h6-7,11-13,19,21H,3-5,8-10,14-15H2,1-2H3,(H,26,33). The topological polar surface area (TPSA) is 84.1 Å². The van der Waals surface area contributed by atoms with Crippen LogP contribution in [0.25, 0.3) is 0 Å². The third-order valence-corrected chi connectivity index (χ3v) is 7.30. The number of piperidine rings is 1. The van der Waals surface area contributed by atoms with Gasteiger partial charge in [-0.15, -0.1) is 10.2 Å². The largest absolute Gasteiger partial charge is 0.326 e. The second kappa shape index (κ2) is 7.98. The molecule has 3 aliphatic rings. The zero-order valence-corrected chi connectivity index (χ0v) is 19.2. The molecule has 1 fully saturated rings. The summed E-state index contributed by atoms with van der Waals surface area (Å²) in [6.45, 7) is 5.61. The Morgan fingerprint density at radius 1 is 1.21 bits per heavy atom. The molecule has 0 spiro atoms. The number of nitrogens with zero attached hydrogens (tertiary/aromatic N) is 7. The van der Waals surface area contributed by atoms with Gasteiger partial charge in [-0.25, -0.2) is 4.79 Å². The van der Waals surface area contributed by atoms with Gasteiger partial charge in [-0.3, -0.25) is 9.58 Å². The molecule has 6 rings (SSSR count). The average molecular weight is 447 g/mol. The van der Waals surface area contributed by atoms with E-state index in [1.54, 1.807) is 6.20 Å². The number of rotatable bonds is 3. The SMILES string of the molecule is Cc1ccc2c(c1)C1CN(C)CCC1N2C(=O)Nc1cnn(Cc2nnc3n2CCCC3)c1.